The molecule has 0 fully saturated rings. The summed E-state index contributed by atoms with van der Waals surface area (Å²) in [5.41, 5.74) is 2.13. The van der Waals surface area contributed by atoms with E-state index in [1.165, 1.54) is 11.8 Å². The zero-order valence-electron chi connectivity index (χ0n) is 11.7. The van der Waals surface area contributed by atoms with E-state index >= 15 is 0 Å². The first-order chi connectivity index (χ1) is 9.91. The number of fused-ring (bicyclic) bond motifs is 1. The number of benzene rings is 1. The van der Waals surface area contributed by atoms with E-state index in [0.29, 0.717) is 18.6 Å². The van der Waals surface area contributed by atoms with Crippen LogP contribution in [-0.2, 0) is 16.4 Å². The highest BCUT2D eigenvalue weighted by Crippen LogP contribution is 2.38. The third-order valence-corrected chi connectivity index (χ3v) is 6.82. The summed E-state index contributed by atoms with van der Waals surface area (Å²) in [6, 6.07) is 3.86. The lowest BCUT2D eigenvalue weighted by molar-refractivity contribution is 0.174. The Bertz CT molecular complexity index is 699. The molecule has 1 atom stereocenters. The first-order valence-electron chi connectivity index (χ1n) is 6.62. The molecule has 0 spiro atoms. The smallest absolute Gasteiger partial charge is 0.231 e. The van der Waals surface area contributed by atoms with Crippen molar-refractivity contribution in [2.24, 2.45) is 5.14 Å². The first-order valence-corrected chi connectivity index (χ1v) is 9.22. The average molecular weight is 327 g/mol. The summed E-state index contributed by atoms with van der Waals surface area (Å²) in [5, 5.41) is 7.25. The normalized spacial score (nSPS) is 23.7. The van der Waals surface area contributed by atoms with Gasteiger partial charge in [0.1, 0.15) is 4.75 Å². The zero-order valence-corrected chi connectivity index (χ0v) is 13.3. The maximum Gasteiger partial charge on any atom is 0.231 e. The fraction of sp³-hybridized carbons (Fsp3) is 0.429. The van der Waals surface area contributed by atoms with Crippen LogP contribution in [0.1, 0.15) is 17.5 Å². The van der Waals surface area contributed by atoms with Gasteiger partial charge in [-0.15, -0.1) is 11.8 Å². The Kier molecular flexibility index (Phi) is 3.67. The molecule has 2 aliphatic rings. The molecule has 0 saturated carbocycles. The molecule has 2 aliphatic heterocycles. The summed E-state index contributed by atoms with van der Waals surface area (Å²) in [6.45, 7) is 2.22. The second-order valence-electron chi connectivity index (χ2n) is 5.36. The van der Waals surface area contributed by atoms with E-state index in [2.05, 4.69) is 0 Å². The van der Waals surface area contributed by atoms with E-state index in [9.17, 15) is 8.42 Å². The highest BCUT2D eigenvalue weighted by molar-refractivity contribution is 8.04. The van der Waals surface area contributed by atoms with Gasteiger partial charge < -0.3 is 9.47 Å². The lowest BCUT2D eigenvalue weighted by atomic mass is 9.97. The Hall–Kier alpha value is -1.18. The fourth-order valence-corrected chi connectivity index (χ4v) is 5.15. The van der Waals surface area contributed by atoms with Crippen LogP contribution in [0.4, 0.5) is 0 Å². The molecule has 1 unspecified atom stereocenters. The number of aryl methyl sites for hydroxylation is 2. The van der Waals surface area contributed by atoms with Crippen LogP contribution in [0, 0.1) is 6.92 Å². The van der Waals surface area contributed by atoms with Crippen molar-refractivity contribution in [2.45, 2.75) is 24.5 Å². The van der Waals surface area contributed by atoms with E-state index in [0.717, 1.165) is 22.6 Å². The van der Waals surface area contributed by atoms with Crippen molar-refractivity contribution >= 4 is 21.8 Å². The van der Waals surface area contributed by atoms with Gasteiger partial charge in [0.05, 0.1) is 0 Å². The van der Waals surface area contributed by atoms with Crippen LogP contribution in [0.15, 0.2) is 23.6 Å². The van der Waals surface area contributed by atoms with E-state index in [1.807, 2.05) is 24.5 Å². The highest BCUT2D eigenvalue weighted by atomic mass is 32.2. The Morgan fingerprint density at radius 1 is 1.33 bits per heavy atom. The van der Waals surface area contributed by atoms with Crippen molar-refractivity contribution in [3.05, 3.63) is 34.7 Å². The topological polar surface area (TPSA) is 78.6 Å². The van der Waals surface area contributed by atoms with Crippen molar-refractivity contribution < 1.29 is 17.9 Å². The molecular formula is C14H17NO4S2. The number of hydrogen-bond donors (Lipinski definition) is 1. The van der Waals surface area contributed by atoms with Crippen LogP contribution in [0.2, 0.25) is 0 Å². The number of sulfonamides is 1. The third kappa shape index (κ3) is 2.65. The SMILES string of the molecule is Cc1cc2c(cc1CCC1(S(N)(=O)=O)C=CSC1)OCO2. The minimum Gasteiger partial charge on any atom is -0.454 e. The summed E-state index contributed by atoms with van der Waals surface area (Å²) >= 11 is 1.48. The van der Waals surface area contributed by atoms with Gasteiger partial charge in [-0.3, -0.25) is 0 Å². The summed E-state index contributed by atoms with van der Waals surface area (Å²) in [4.78, 5) is 0. The van der Waals surface area contributed by atoms with Gasteiger partial charge in [-0.25, -0.2) is 13.6 Å². The summed E-state index contributed by atoms with van der Waals surface area (Å²) in [5.74, 6) is 1.94. The Labute approximate surface area is 128 Å². The third-order valence-electron chi connectivity index (χ3n) is 4.01. The molecular weight excluding hydrogens is 310 g/mol. The number of ether oxygens (including phenoxy) is 2. The van der Waals surface area contributed by atoms with Gasteiger partial charge in [0.15, 0.2) is 11.5 Å². The molecule has 5 nitrogen and oxygen atoms in total. The van der Waals surface area contributed by atoms with Crippen LogP contribution in [-0.4, -0.2) is 25.7 Å². The molecule has 1 aromatic carbocycles. The van der Waals surface area contributed by atoms with Crippen LogP contribution >= 0.6 is 11.8 Å². The van der Waals surface area contributed by atoms with Gasteiger partial charge in [-0.05, 0) is 48.4 Å². The zero-order chi connectivity index (χ0) is 15.1. The van der Waals surface area contributed by atoms with Gasteiger partial charge in [0, 0.05) is 5.75 Å². The van der Waals surface area contributed by atoms with Crippen LogP contribution in [0.5, 0.6) is 11.5 Å². The lowest BCUT2D eigenvalue weighted by Gasteiger charge is -2.24. The molecule has 114 valence electrons. The number of rotatable bonds is 4. The van der Waals surface area contributed by atoms with Gasteiger partial charge in [-0.2, -0.15) is 0 Å². The van der Waals surface area contributed by atoms with Gasteiger partial charge in [0.2, 0.25) is 16.8 Å². The minimum absolute atomic E-state index is 0.235. The van der Waals surface area contributed by atoms with Crippen LogP contribution < -0.4 is 14.6 Å². The quantitative estimate of drug-likeness (QED) is 0.914. The van der Waals surface area contributed by atoms with Gasteiger partial charge in [-0.1, -0.05) is 6.08 Å². The van der Waals surface area contributed by atoms with Crippen molar-refractivity contribution in [1.29, 1.82) is 0 Å². The molecule has 0 aliphatic carbocycles. The minimum atomic E-state index is -3.62. The van der Waals surface area contributed by atoms with Crippen molar-refractivity contribution in [1.82, 2.24) is 0 Å². The molecule has 7 heteroatoms. The van der Waals surface area contributed by atoms with Crippen molar-refractivity contribution in [2.75, 3.05) is 12.5 Å². The molecule has 1 aromatic rings. The van der Waals surface area contributed by atoms with E-state index in [4.69, 9.17) is 14.6 Å². The Morgan fingerprint density at radius 3 is 2.67 bits per heavy atom. The first kappa shape index (κ1) is 14.7. The molecule has 0 aromatic heterocycles. The largest absolute Gasteiger partial charge is 0.454 e. The van der Waals surface area contributed by atoms with Gasteiger partial charge in [0.25, 0.3) is 0 Å². The second-order valence-corrected chi connectivity index (χ2v) is 8.15. The lowest BCUT2D eigenvalue weighted by Crippen LogP contribution is -2.43. The molecule has 3 rings (SSSR count). The number of hydrogen-bond acceptors (Lipinski definition) is 5. The van der Waals surface area contributed by atoms with Crippen LogP contribution in [0.25, 0.3) is 0 Å². The summed E-state index contributed by atoms with van der Waals surface area (Å²) in [7, 11) is -3.62. The van der Waals surface area contributed by atoms with E-state index in [-0.39, 0.29) is 6.79 Å². The Balaban J connectivity index is 1.83. The molecule has 21 heavy (non-hydrogen) atoms. The van der Waals surface area contributed by atoms with Crippen LogP contribution in [0.3, 0.4) is 0 Å². The number of primary sulfonamides is 1. The molecule has 0 saturated heterocycles. The Morgan fingerprint density at radius 2 is 2.05 bits per heavy atom. The van der Waals surface area contributed by atoms with E-state index in [1.54, 1.807) is 6.08 Å². The molecule has 2 heterocycles. The van der Waals surface area contributed by atoms with Crippen molar-refractivity contribution in [3.8, 4) is 11.5 Å². The summed E-state index contributed by atoms with van der Waals surface area (Å²) in [6.07, 6.45) is 2.81. The van der Waals surface area contributed by atoms with Gasteiger partial charge >= 0.3 is 0 Å². The number of thioether (sulfide) groups is 1. The average Bonchev–Trinajstić information content (AvgIpc) is 3.03. The molecule has 0 bridgehead atoms. The maximum absolute atomic E-state index is 11.9. The molecule has 2 N–H and O–H groups in total. The number of nitrogens with two attached hydrogens (primary N) is 1. The second kappa shape index (κ2) is 5.23. The summed E-state index contributed by atoms with van der Waals surface area (Å²) < 4.78 is 33.6. The predicted octanol–water partition coefficient (Wildman–Crippen LogP) is 1.94. The van der Waals surface area contributed by atoms with Crippen molar-refractivity contribution in [3.63, 3.8) is 0 Å². The van der Waals surface area contributed by atoms with E-state index < -0.39 is 14.8 Å². The standard InChI is InChI=1S/C14H17NO4S2/c1-10-6-12-13(19-9-18-12)7-11(10)2-3-14(21(15,16)17)4-5-20-8-14/h4-7H,2-3,8-9H2,1H3,(H2,15,16,17). The molecule has 0 amide bonds. The molecule has 0 radical (unpaired) electrons. The fourth-order valence-electron chi connectivity index (χ4n) is 2.59. The highest BCUT2D eigenvalue weighted by Gasteiger charge is 2.41. The monoisotopic (exact) mass is 327 g/mol. The maximum atomic E-state index is 11.9. The predicted molar refractivity (Wildman–Crippen MR) is 83.1 cm³/mol.